The van der Waals surface area contributed by atoms with Gasteiger partial charge in [-0.25, -0.2) is 0 Å². The Hall–Kier alpha value is 1.14. The third-order valence-electron chi connectivity index (χ3n) is 0.239. The van der Waals surface area contributed by atoms with Crippen LogP contribution >= 0.6 is 19.9 Å². The van der Waals surface area contributed by atoms with Crippen molar-refractivity contribution in [2.45, 2.75) is 12.1 Å². The molecule has 0 radical (unpaired) electrons. The topological polar surface area (TPSA) is 0 Å². The molecule has 3 heteroatoms. The van der Waals surface area contributed by atoms with E-state index in [1.54, 1.807) is 0 Å². The van der Waals surface area contributed by atoms with Crippen LogP contribution in [0.1, 0.15) is 6.92 Å². The van der Waals surface area contributed by atoms with Gasteiger partial charge in [-0.2, -0.15) is 0 Å². The third-order valence-corrected chi connectivity index (χ3v) is 3.73. The number of hydrogen-bond donors (Lipinski definition) is 0. The van der Waals surface area contributed by atoms with Gasteiger partial charge in [-0.3, -0.25) is 0 Å². The molecule has 0 aliphatic heterocycles. The van der Waals surface area contributed by atoms with E-state index < -0.39 is 12.8 Å². The van der Waals surface area contributed by atoms with E-state index in [0.29, 0.717) is 0 Å². The Labute approximate surface area is 45.0 Å². The van der Waals surface area contributed by atoms with E-state index >= 15 is 0 Å². The molecule has 0 unspecified atom stereocenters. The summed E-state index contributed by atoms with van der Waals surface area (Å²) in [5.74, 6) is 0. The zero-order valence-electron chi connectivity index (χ0n) is 2.91. The first kappa shape index (κ1) is 6.14. The summed E-state index contributed by atoms with van der Waals surface area (Å²) in [5.41, 5.74) is 0. The van der Waals surface area contributed by atoms with Crippen LogP contribution in [0.4, 0.5) is 0 Å². The van der Waals surface area contributed by atoms with Gasteiger partial charge in [0.1, 0.15) is 0 Å². The molecule has 0 aromatic carbocycles. The van der Waals surface area contributed by atoms with Crippen molar-refractivity contribution in [2.75, 3.05) is 0 Å². The van der Waals surface area contributed by atoms with Crippen LogP contribution in [0.15, 0.2) is 0 Å². The molecule has 0 rings (SSSR count). The molecule has 0 N–H and O–H groups in total. The van der Waals surface area contributed by atoms with Crippen molar-refractivity contribution >= 4 is 32.7 Å². The first-order valence-corrected chi connectivity index (χ1v) is 7.62. The van der Waals surface area contributed by atoms with Gasteiger partial charge in [0.2, 0.25) is 0 Å². The van der Waals surface area contributed by atoms with Gasteiger partial charge in [-0.05, 0) is 0 Å². The molecule has 5 heavy (non-hydrogen) atoms. The van der Waals surface area contributed by atoms with Gasteiger partial charge in [-0.15, -0.1) is 0 Å². The van der Waals surface area contributed by atoms with Gasteiger partial charge in [-0.1, -0.05) is 0 Å². The number of rotatable bonds is 1. The van der Waals surface area contributed by atoms with Gasteiger partial charge >= 0.3 is 44.8 Å². The van der Waals surface area contributed by atoms with E-state index in [1.165, 1.54) is 0 Å². The summed E-state index contributed by atoms with van der Waals surface area (Å²) in [6, 6.07) is 0. The van der Waals surface area contributed by atoms with Gasteiger partial charge in [0.25, 0.3) is 0 Å². The molecule has 0 saturated carbocycles. The van der Waals surface area contributed by atoms with Crippen LogP contribution < -0.4 is 0 Å². The van der Waals surface area contributed by atoms with E-state index in [1.807, 2.05) is 6.92 Å². The summed E-state index contributed by atoms with van der Waals surface area (Å²) in [7, 11) is 10.7. The van der Waals surface area contributed by atoms with Gasteiger partial charge < -0.3 is 0 Å². The van der Waals surface area contributed by atoms with Crippen LogP contribution in [-0.4, -0.2) is 12.8 Å². The molecular weight excluding hydrogens is 170 g/mol. The molecule has 0 amide bonds. The van der Waals surface area contributed by atoms with Crippen molar-refractivity contribution < 1.29 is 0 Å². The monoisotopic (exact) mass is 174 g/mol. The van der Waals surface area contributed by atoms with Crippen molar-refractivity contribution in [2.24, 2.45) is 0 Å². The zero-order valence-corrected chi connectivity index (χ0v) is 6.30. The molecular formula is C2H5AsCl2. The molecule has 0 spiro atoms. The predicted octanol–water partition coefficient (Wildman–Crippen LogP) is 1.97. The summed E-state index contributed by atoms with van der Waals surface area (Å²) < 4.78 is 0. The Morgan fingerprint density at radius 3 is 1.80 bits per heavy atom. The van der Waals surface area contributed by atoms with Crippen LogP contribution in [0.2, 0.25) is 5.21 Å². The van der Waals surface area contributed by atoms with Crippen LogP contribution in [0.25, 0.3) is 0 Å². The van der Waals surface area contributed by atoms with E-state index in [-0.39, 0.29) is 0 Å². The number of hydrogen-bond acceptors (Lipinski definition) is 0. The molecule has 0 aliphatic rings. The summed E-state index contributed by atoms with van der Waals surface area (Å²) in [6.07, 6.45) is 0. The van der Waals surface area contributed by atoms with Crippen LogP contribution in [0, 0.1) is 0 Å². The Kier molecular flexibility index (Phi) is 4.09. The van der Waals surface area contributed by atoms with E-state index in [9.17, 15) is 0 Å². The molecule has 0 bridgehead atoms. The van der Waals surface area contributed by atoms with E-state index in [4.69, 9.17) is 19.9 Å². The Balaban J connectivity index is 2.54. The van der Waals surface area contributed by atoms with Crippen molar-refractivity contribution in [3.63, 3.8) is 0 Å². The van der Waals surface area contributed by atoms with Gasteiger partial charge in [0, 0.05) is 0 Å². The van der Waals surface area contributed by atoms with Crippen molar-refractivity contribution in [1.29, 1.82) is 0 Å². The van der Waals surface area contributed by atoms with Crippen molar-refractivity contribution in [1.82, 2.24) is 0 Å². The molecule has 0 saturated heterocycles. The first-order valence-electron chi connectivity index (χ1n) is 1.36. The summed E-state index contributed by atoms with van der Waals surface area (Å²) >= 11 is -1.26. The van der Waals surface area contributed by atoms with E-state index in [2.05, 4.69) is 0 Å². The Morgan fingerprint density at radius 2 is 1.80 bits per heavy atom. The minimum absolute atomic E-state index is 0.982. The average molecular weight is 175 g/mol. The van der Waals surface area contributed by atoms with Crippen molar-refractivity contribution in [3.8, 4) is 0 Å². The van der Waals surface area contributed by atoms with Crippen LogP contribution in [-0.2, 0) is 0 Å². The van der Waals surface area contributed by atoms with Crippen molar-refractivity contribution in [3.05, 3.63) is 0 Å². The molecule has 0 aromatic heterocycles. The SMILES string of the molecule is CC[As](Cl)Cl. The molecule has 32 valence electrons. The average Bonchev–Trinajstić information content (AvgIpc) is 1.38. The number of halogens is 2. The second-order valence-electron chi connectivity index (χ2n) is 0.619. The molecule has 0 heterocycles. The second kappa shape index (κ2) is 3.33. The second-order valence-corrected chi connectivity index (χ2v) is 8.36. The normalized spacial score (nSPS) is 9.60. The summed E-state index contributed by atoms with van der Waals surface area (Å²) in [6.45, 7) is 2.00. The van der Waals surface area contributed by atoms with Gasteiger partial charge in [0.05, 0.1) is 0 Å². The molecule has 0 aromatic rings. The first-order chi connectivity index (χ1) is 2.27. The maximum absolute atomic E-state index is 5.37. The molecule has 0 aliphatic carbocycles. The third kappa shape index (κ3) is 5.14. The van der Waals surface area contributed by atoms with Crippen LogP contribution in [0.5, 0.6) is 0 Å². The molecule has 0 fully saturated rings. The predicted molar refractivity (Wildman–Crippen MR) is 27.9 cm³/mol. The molecule has 0 nitrogen and oxygen atoms in total. The fourth-order valence-electron chi connectivity index (χ4n) is 0. The maximum atomic E-state index is 5.37. The standard InChI is InChI=1S/C2H5AsCl2/c1-2-3(4)5/h2H2,1H3. The Bertz CT molecular complexity index is 21.6. The van der Waals surface area contributed by atoms with Gasteiger partial charge in [0.15, 0.2) is 0 Å². The minimum atomic E-state index is -1.26. The zero-order chi connectivity index (χ0) is 4.28. The van der Waals surface area contributed by atoms with E-state index in [0.717, 1.165) is 5.21 Å². The fraction of sp³-hybridized carbons (Fsp3) is 1.00. The van der Waals surface area contributed by atoms with Crippen LogP contribution in [0.3, 0.4) is 0 Å². The molecule has 0 atom stereocenters. The Morgan fingerprint density at radius 1 is 1.60 bits per heavy atom. The fourth-order valence-corrected chi connectivity index (χ4v) is 0. The quantitative estimate of drug-likeness (QED) is 0.534. The summed E-state index contributed by atoms with van der Waals surface area (Å²) in [4.78, 5) is 0. The summed E-state index contributed by atoms with van der Waals surface area (Å²) in [5, 5.41) is 0.982.